The molecule has 18 heavy (non-hydrogen) atoms. The number of aromatic amines is 1. The molecule has 0 spiro atoms. The van der Waals surface area contributed by atoms with Crippen LogP contribution in [-0.4, -0.2) is 10.9 Å². The number of hydrogen-bond acceptors (Lipinski definition) is 3. The molecule has 1 aromatic heterocycles. The fraction of sp³-hybridized carbons (Fsp3) is 0.0769. The topological polar surface area (TPSA) is 88.0 Å². The minimum Gasteiger partial charge on any atom is -0.399 e. The molecular weight excluding hydrogens is 230 g/mol. The number of aryl methyl sites for hydroxylation is 1. The first kappa shape index (κ1) is 11.9. The molecule has 0 saturated heterocycles. The number of carbonyl (C=O) groups excluding carboxylic acids is 1. The molecule has 0 aliphatic carbocycles. The third kappa shape index (κ3) is 2.57. The summed E-state index contributed by atoms with van der Waals surface area (Å²) >= 11 is 0. The van der Waals surface area contributed by atoms with Crippen molar-refractivity contribution in [2.45, 2.75) is 6.92 Å². The van der Waals surface area contributed by atoms with Gasteiger partial charge in [-0.2, -0.15) is 0 Å². The normalized spacial score (nSPS) is 10.1. The van der Waals surface area contributed by atoms with Gasteiger partial charge in [0.2, 0.25) is 0 Å². The Kier molecular flexibility index (Phi) is 3.14. The van der Waals surface area contributed by atoms with Crippen LogP contribution >= 0.6 is 0 Å². The van der Waals surface area contributed by atoms with Crippen molar-refractivity contribution < 1.29 is 4.79 Å². The maximum atomic E-state index is 11.9. The van der Waals surface area contributed by atoms with Crippen LogP contribution in [0.1, 0.15) is 16.1 Å². The van der Waals surface area contributed by atoms with Gasteiger partial charge in [-0.3, -0.25) is 9.59 Å². The highest BCUT2D eigenvalue weighted by atomic mass is 16.2. The number of nitrogens with one attached hydrogen (secondary N) is 2. The van der Waals surface area contributed by atoms with Gasteiger partial charge in [0.1, 0.15) is 5.56 Å². The van der Waals surface area contributed by atoms with Crippen LogP contribution in [0.5, 0.6) is 0 Å². The first-order valence-electron chi connectivity index (χ1n) is 5.42. The zero-order valence-corrected chi connectivity index (χ0v) is 9.86. The van der Waals surface area contributed by atoms with E-state index in [1.54, 1.807) is 31.2 Å². The molecule has 5 heteroatoms. The fourth-order valence-electron chi connectivity index (χ4n) is 1.52. The van der Waals surface area contributed by atoms with Crippen molar-refractivity contribution in [3.05, 3.63) is 58.0 Å². The maximum absolute atomic E-state index is 11.9. The van der Waals surface area contributed by atoms with E-state index in [9.17, 15) is 9.59 Å². The maximum Gasteiger partial charge on any atom is 0.261 e. The zero-order chi connectivity index (χ0) is 13.1. The largest absolute Gasteiger partial charge is 0.399 e. The average Bonchev–Trinajstić information content (AvgIpc) is 2.32. The van der Waals surface area contributed by atoms with Crippen LogP contribution in [-0.2, 0) is 0 Å². The number of aromatic nitrogens is 1. The Morgan fingerprint density at radius 2 is 1.94 bits per heavy atom. The number of rotatable bonds is 2. The van der Waals surface area contributed by atoms with Gasteiger partial charge in [0.15, 0.2) is 5.43 Å². The lowest BCUT2D eigenvalue weighted by molar-refractivity contribution is 0.102. The van der Waals surface area contributed by atoms with Crippen LogP contribution < -0.4 is 16.5 Å². The lowest BCUT2D eigenvalue weighted by Crippen LogP contribution is -2.21. The summed E-state index contributed by atoms with van der Waals surface area (Å²) in [6.45, 7) is 1.75. The van der Waals surface area contributed by atoms with Crippen molar-refractivity contribution in [3.8, 4) is 0 Å². The molecule has 1 amide bonds. The second-order valence-electron chi connectivity index (χ2n) is 3.97. The van der Waals surface area contributed by atoms with E-state index < -0.39 is 5.91 Å². The molecule has 0 atom stereocenters. The van der Waals surface area contributed by atoms with Crippen LogP contribution in [0, 0.1) is 6.92 Å². The summed E-state index contributed by atoms with van der Waals surface area (Å²) in [5.41, 5.74) is 7.23. The SMILES string of the molecule is Cc1cc(=O)c(C(=O)Nc2ccc(N)cc2)c[nH]1. The van der Waals surface area contributed by atoms with E-state index in [1.165, 1.54) is 12.3 Å². The molecular formula is C13H13N3O2. The van der Waals surface area contributed by atoms with Crippen molar-refractivity contribution in [1.29, 1.82) is 0 Å². The second kappa shape index (κ2) is 4.75. The summed E-state index contributed by atoms with van der Waals surface area (Å²) in [6.07, 6.45) is 1.41. The summed E-state index contributed by atoms with van der Waals surface area (Å²) in [6, 6.07) is 8.09. The van der Waals surface area contributed by atoms with Crippen molar-refractivity contribution in [3.63, 3.8) is 0 Å². The molecule has 4 N–H and O–H groups in total. The molecule has 5 nitrogen and oxygen atoms in total. The highest BCUT2D eigenvalue weighted by molar-refractivity contribution is 6.04. The number of benzene rings is 1. The van der Waals surface area contributed by atoms with Crippen molar-refractivity contribution >= 4 is 17.3 Å². The van der Waals surface area contributed by atoms with Crippen LogP contribution in [0.2, 0.25) is 0 Å². The van der Waals surface area contributed by atoms with E-state index in [0.717, 1.165) is 0 Å². The first-order valence-corrected chi connectivity index (χ1v) is 5.42. The molecule has 0 radical (unpaired) electrons. The number of carbonyl (C=O) groups is 1. The Hall–Kier alpha value is -2.56. The van der Waals surface area contributed by atoms with Gasteiger partial charge in [-0.1, -0.05) is 0 Å². The number of H-pyrrole nitrogens is 1. The van der Waals surface area contributed by atoms with Crippen molar-refractivity contribution in [2.24, 2.45) is 0 Å². The minimum absolute atomic E-state index is 0.0809. The van der Waals surface area contributed by atoms with E-state index in [2.05, 4.69) is 10.3 Å². The summed E-state index contributed by atoms with van der Waals surface area (Å²) in [5.74, 6) is -0.443. The Balaban J connectivity index is 2.22. The van der Waals surface area contributed by atoms with E-state index in [1.807, 2.05) is 0 Å². The van der Waals surface area contributed by atoms with Crippen LogP contribution in [0.4, 0.5) is 11.4 Å². The summed E-state index contributed by atoms with van der Waals surface area (Å²) < 4.78 is 0. The first-order chi connectivity index (χ1) is 8.56. The summed E-state index contributed by atoms with van der Waals surface area (Å²) in [4.78, 5) is 26.3. The van der Waals surface area contributed by atoms with E-state index in [0.29, 0.717) is 17.1 Å². The third-order valence-corrected chi connectivity index (χ3v) is 2.47. The van der Waals surface area contributed by atoms with E-state index >= 15 is 0 Å². The number of nitrogen functional groups attached to an aromatic ring is 1. The lowest BCUT2D eigenvalue weighted by Gasteiger charge is -2.05. The van der Waals surface area contributed by atoms with E-state index in [4.69, 9.17) is 5.73 Å². The Morgan fingerprint density at radius 1 is 1.28 bits per heavy atom. The van der Waals surface area contributed by atoms with Crippen LogP contribution in [0.15, 0.2) is 41.3 Å². The Labute approximate surface area is 104 Å². The monoisotopic (exact) mass is 243 g/mol. The molecule has 2 rings (SSSR count). The minimum atomic E-state index is -0.443. The number of hydrogen-bond donors (Lipinski definition) is 3. The van der Waals surface area contributed by atoms with Gasteiger partial charge in [-0.05, 0) is 31.2 Å². The number of anilines is 2. The smallest absolute Gasteiger partial charge is 0.261 e. The summed E-state index contributed by atoms with van der Waals surface area (Å²) in [5, 5.41) is 2.63. The van der Waals surface area contributed by atoms with Crippen molar-refractivity contribution in [2.75, 3.05) is 11.1 Å². The van der Waals surface area contributed by atoms with Gasteiger partial charge in [0.05, 0.1) is 0 Å². The molecule has 0 aliphatic heterocycles. The molecule has 0 unspecified atom stereocenters. The van der Waals surface area contributed by atoms with Gasteiger partial charge in [-0.25, -0.2) is 0 Å². The molecule has 92 valence electrons. The highest BCUT2D eigenvalue weighted by Crippen LogP contribution is 2.11. The Bertz CT molecular complexity index is 629. The lowest BCUT2D eigenvalue weighted by atomic mass is 10.2. The summed E-state index contributed by atoms with van der Waals surface area (Å²) in [7, 11) is 0. The predicted octanol–water partition coefficient (Wildman–Crippen LogP) is 1.52. The molecule has 0 saturated carbocycles. The van der Waals surface area contributed by atoms with Gasteiger partial charge < -0.3 is 16.0 Å². The zero-order valence-electron chi connectivity index (χ0n) is 9.86. The molecule has 0 aliphatic rings. The number of amides is 1. The van der Waals surface area contributed by atoms with Gasteiger partial charge >= 0.3 is 0 Å². The molecule has 0 bridgehead atoms. The standard InChI is InChI=1S/C13H13N3O2/c1-8-6-12(17)11(7-15-8)13(18)16-10-4-2-9(14)3-5-10/h2-7H,14H2,1H3,(H,15,17)(H,16,18). The fourth-order valence-corrected chi connectivity index (χ4v) is 1.52. The molecule has 1 aromatic carbocycles. The average molecular weight is 243 g/mol. The molecule has 2 aromatic rings. The number of pyridine rings is 1. The second-order valence-corrected chi connectivity index (χ2v) is 3.97. The number of nitrogens with two attached hydrogens (primary N) is 1. The quantitative estimate of drug-likeness (QED) is 0.699. The van der Waals surface area contributed by atoms with Gasteiger partial charge in [-0.15, -0.1) is 0 Å². The Morgan fingerprint density at radius 3 is 2.56 bits per heavy atom. The van der Waals surface area contributed by atoms with E-state index in [-0.39, 0.29) is 11.0 Å². The van der Waals surface area contributed by atoms with Crippen LogP contribution in [0.3, 0.4) is 0 Å². The predicted molar refractivity (Wildman–Crippen MR) is 70.6 cm³/mol. The van der Waals surface area contributed by atoms with Gasteiger partial charge in [0.25, 0.3) is 5.91 Å². The van der Waals surface area contributed by atoms with Crippen LogP contribution in [0.25, 0.3) is 0 Å². The third-order valence-electron chi connectivity index (χ3n) is 2.47. The highest BCUT2D eigenvalue weighted by Gasteiger charge is 2.10. The van der Waals surface area contributed by atoms with Gasteiger partial charge in [0, 0.05) is 29.3 Å². The molecule has 0 fully saturated rings. The van der Waals surface area contributed by atoms with Crippen molar-refractivity contribution in [1.82, 2.24) is 4.98 Å². The molecule has 1 heterocycles.